The van der Waals surface area contributed by atoms with Gasteiger partial charge in [-0.05, 0) is 48.9 Å². The number of aromatic nitrogens is 1. The molecule has 0 aliphatic rings. The highest BCUT2D eigenvalue weighted by Crippen LogP contribution is 2.32. The average Bonchev–Trinajstić information content (AvgIpc) is 2.88. The highest BCUT2D eigenvalue weighted by atomic mass is 32.2. The molecule has 5 aromatic rings. The topological polar surface area (TPSA) is 105 Å². The predicted octanol–water partition coefficient (Wildman–Crippen LogP) is 5.36. The first-order chi connectivity index (χ1) is 17.8. The maximum Gasteiger partial charge on any atom is 0.307 e. The van der Waals surface area contributed by atoms with Crippen molar-refractivity contribution in [3.05, 3.63) is 114 Å². The number of aliphatic carboxylic acids is 1. The highest BCUT2D eigenvalue weighted by Gasteiger charge is 2.34. The molecule has 5 rings (SSSR count). The third-order valence-electron chi connectivity index (χ3n) is 6.07. The molecule has 1 N–H and O–H groups in total. The number of nitrogens with zero attached hydrogens (tertiary/aromatic N) is 2. The van der Waals surface area contributed by atoms with E-state index >= 15 is 0 Å². The van der Waals surface area contributed by atoms with E-state index in [2.05, 4.69) is 4.98 Å². The second-order valence-corrected chi connectivity index (χ2v) is 10.4. The van der Waals surface area contributed by atoms with Gasteiger partial charge in [-0.1, -0.05) is 66.2 Å². The van der Waals surface area contributed by atoms with Crippen molar-refractivity contribution in [2.75, 3.05) is 4.31 Å². The third kappa shape index (κ3) is 4.54. The van der Waals surface area contributed by atoms with Crippen molar-refractivity contribution in [3.63, 3.8) is 0 Å². The van der Waals surface area contributed by atoms with Gasteiger partial charge in [-0.25, -0.2) is 13.4 Å². The number of rotatable bonds is 6. The molecule has 1 aromatic heterocycles. The van der Waals surface area contributed by atoms with Crippen LogP contribution in [0.3, 0.4) is 0 Å². The number of carbonyl (C=O) groups is 2. The van der Waals surface area contributed by atoms with Crippen molar-refractivity contribution in [2.45, 2.75) is 18.2 Å². The standard InChI is InChI=1S/C29H22N2O5S/c1-19-10-16-22(17-11-19)37(35,36)31(21-14-12-20(13-15-21)18-27(32)33)29(34)28-23-6-2-4-8-25(23)30-26-9-5-3-7-24(26)28/h2-17H,18H2,1H3,(H,32,33). The first-order valence-electron chi connectivity index (χ1n) is 11.5. The number of anilines is 1. The normalized spacial score (nSPS) is 11.5. The fourth-order valence-corrected chi connectivity index (χ4v) is 5.68. The largest absolute Gasteiger partial charge is 0.481 e. The quantitative estimate of drug-likeness (QED) is 0.309. The second kappa shape index (κ2) is 9.48. The number of aryl methyl sites for hydroxylation is 1. The van der Waals surface area contributed by atoms with Crippen molar-refractivity contribution >= 4 is 49.4 Å². The molecule has 7 nitrogen and oxygen atoms in total. The van der Waals surface area contributed by atoms with E-state index in [4.69, 9.17) is 5.11 Å². The lowest BCUT2D eigenvalue weighted by molar-refractivity contribution is -0.136. The van der Waals surface area contributed by atoms with Crippen LogP contribution in [0.2, 0.25) is 0 Å². The molecule has 0 bridgehead atoms. The lowest BCUT2D eigenvalue weighted by atomic mass is 10.0. The molecule has 0 aliphatic carbocycles. The Morgan fingerprint density at radius 3 is 1.86 bits per heavy atom. The fourth-order valence-electron chi connectivity index (χ4n) is 4.28. The molecule has 0 radical (unpaired) electrons. The third-order valence-corrected chi connectivity index (χ3v) is 7.80. The smallest absolute Gasteiger partial charge is 0.307 e. The molecular formula is C29H22N2O5S. The van der Waals surface area contributed by atoms with Gasteiger partial charge in [-0.3, -0.25) is 9.59 Å². The fraction of sp³-hybridized carbons (Fsp3) is 0.0690. The van der Waals surface area contributed by atoms with Gasteiger partial charge in [0.2, 0.25) is 0 Å². The Bertz CT molecular complexity index is 1710. The second-order valence-electron chi connectivity index (χ2n) is 8.65. The summed E-state index contributed by atoms with van der Waals surface area (Å²) < 4.78 is 28.8. The van der Waals surface area contributed by atoms with E-state index in [9.17, 15) is 18.0 Å². The number of carboxylic acid groups (broad SMARTS) is 1. The number of hydrogen-bond donors (Lipinski definition) is 1. The SMILES string of the molecule is Cc1ccc(S(=O)(=O)N(C(=O)c2c3ccccc3nc3ccccc23)c2ccc(CC(=O)O)cc2)cc1. The summed E-state index contributed by atoms with van der Waals surface area (Å²) in [7, 11) is -4.34. The van der Waals surface area contributed by atoms with Crippen molar-refractivity contribution in [1.29, 1.82) is 0 Å². The molecule has 0 atom stereocenters. The molecular weight excluding hydrogens is 488 g/mol. The molecule has 0 spiro atoms. The number of para-hydroxylation sites is 2. The molecule has 0 aliphatic heterocycles. The van der Waals surface area contributed by atoms with Gasteiger partial charge < -0.3 is 5.11 Å². The van der Waals surface area contributed by atoms with E-state index in [1.165, 1.54) is 36.4 Å². The number of pyridine rings is 1. The van der Waals surface area contributed by atoms with E-state index in [0.717, 1.165) is 9.87 Å². The van der Waals surface area contributed by atoms with Gasteiger partial charge in [0.25, 0.3) is 15.9 Å². The van der Waals surface area contributed by atoms with Crippen LogP contribution in [0.25, 0.3) is 21.8 Å². The maximum atomic E-state index is 14.3. The summed E-state index contributed by atoms with van der Waals surface area (Å²) in [6.45, 7) is 1.84. The summed E-state index contributed by atoms with van der Waals surface area (Å²) in [5.74, 6) is -1.75. The molecule has 184 valence electrons. The number of carbonyl (C=O) groups excluding carboxylic acids is 1. The number of benzene rings is 4. The minimum absolute atomic E-state index is 0.0382. The Morgan fingerprint density at radius 2 is 1.32 bits per heavy atom. The number of hydrogen-bond acceptors (Lipinski definition) is 5. The first kappa shape index (κ1) is 24.1. The molecule has 0 saturated carbocycles. The molecule has 8 heteroatoms. The Balaban J connectivity index is 1.76. The van der Waals surface area contributed by atoms with Crippen LogP contribution in [0.4, 0.5) is 5.69 Å². The minimum atomic E-state index is -4.34. The summed E-state index contributed by atoms with van der Waals surface area (Å²) in [5.41, 5.74) is 2.80. The van der Waals surface area contributed by atoms with Gasteiger partial charge >= 0.3 is 5.97 Å². The number of sulfonamides is 1. The summed E-state index contributed by atoms with van der Waals surface area (Å²) in [5, 5.41) is 10.2. The summed E-state index contributed by atoms with van der Waals surface area (Å²) >= 11 is 0. The Kier molecular flexibility index (Phi) is 6.19. The van der Waals surface area contributed by atoms with Crippen LogP contribution in [0.15, 0.2) is 102 Å². The molecule has 0 fully saturated rings. The van der Waals surface area contributed by atoms with Gasteiger partial charge in [0.15, 0.2) is 0 Å². The summed E-state index contributed by atoms with van der Waals surface area (Å²) in [6, 6.07) is 26.4. The zero-order valence-corrected chi connectivity index (χ0v) is 20.6. The van der Waals surface area contributed by atoms with Crippen molar-refractivity contribution in [3.8, 4) is 0 Å². The number of fused-ring (bicyclic) bond motifs is 2. The zero-order chi connectivity index (χ0) is 26.2. The van der Waals surface area contributed by atoms with E-state index < -0.39 is 21.9 Å². The van der Waals surface area contributed by atoms with Gasteiger partial charge in [0.1, 0.15) is 0 Å². The number of carboxylic acids is 1. The molecule has 37 heavy (non-hydrogen) atoms. The molecule has 1 heterocycles. The zero-order valence-electron chi connectivity index (χ0n) is 19.8. The number of amides is 1. The summed E-state index contributed by atoms with van der Waals surface area (Å²) in [6.07, 6.45) is -0.224. The van der Waals surface area contributed by atoms with E-state index in [1.807, 2.05) is 6.92 Å². The van der Waals surface area contributed by atoms with E-state index in [1.54, 1.807) is 60.7 Å². The van der Waals surface area contributed by atoms with Crippen molar-refractivity contribution < 1.29 is 23.1 Å². The monoisotopic (exact) mass is 510 g/mol. The van der Waals surface area contributed by atoms with Crippen molar-refractivity contribution in [1.82, 2.24) is 4.98 Å². The van der Waals surface area contributed by atoms with E-state index in [0.29, 0.717) is 27.4 Å². The van der Waals surface area contributed by atoms with Crippen LogP contribution < -0.4 is 4.31 Å². The molecule has 4 aromatic carbocycles. The Morgan fingerprint density at radius 1 is 0.784 bits per heavy atom. The van der Waals surface area contributed by atoms with Crippen molar-refractivity contribution in [2.24, 2.45) is 0 Å². The van der Waals surface area contributed by atoms with Crippen LogP contribution in [0, 0.1) is 6.92 Å². The molecule has 0 unspecified atom stereocenters. The molecule has 0 saturated heterocycles. The Labute approximate surface area is 213 Å². The van der Waals surface area contributed by atoms with Crippen LogP contribution in [0.5, 0.6) is 0 Å². The van der Waals surface area contributed by atoms with Gasteiger partial charge in [-0.15, -0.1) is 0 Å². The predicted molar refractivity (Wildman–Crippen MR) is 142 cm³/mol. The van der Waals surface area contributed by atoms with Gasteiger partial charge in [0, 0.05) is 10.8 Å². The van der Waals surface area contributed by atoms with Crippen LogP contribution in [0.1, 0.15) is 21.5 Å². The lowest BCUT2D eigenvalue weighted by Gasteiger charge is -2.24. The molecule has 1 amide bonds. The van der Waals surface area contributed by atoms with Crippen LogP contribution in [-0.4, -0.2) is 30.4 Å². The van der Waals surface area contributed by atoms with Gasteiger partial charge in [-0.2, -0.15) is 4.31 Å². The summed E-state index contributed by atoms with van der Waals surface area (Å²) in [4.78, 5) is 30.1. The van der Waals surface area contributed by atoms with Crippen LogP contribution >= 0.6 is 0 Å². The Hall–Kier alpha value is -4.56. The van der Waals surface area contributed by atoms with Gasteiger partial charge in [0.05, 0.1) is 33.6 Å². The maximum absolute atomic E-state index is 14.3. The minimum Gasteiger partial charge on any atom is -0.481 e. The van der Waals surface area contributed by atoms with Crippen LogP contribution in [-0.2, 0) is 21.2 Å². The van der Waals surface area contributed by atoms with E-state index in [-0.39, 0.29) is 22.6 Å². The lowest BCUT2D eigenvalue weighted by Crippen LogP contribution is -2.37. The highest BCUT2D eigenvalue weighted by molar-refractivity contribution is 7.93. The first-order valence-corrected chi connectivity index (χ1v) is 12.9. The average molecular weight is 511 g/mol.